The fourth-order valence-corrected chi connectivity index (χ4v) is 3.91. The van der Waals surface area contributed by atoms with Gasteiger partial charge in [-0.05, 0) is 12.8 Å². The number of aliphatic hydroxyl groups is 1. The molecule has 6 heteroatoms. The molecule has 1 atom stereocenters. The number of carbonyl (C=O) groups excluding carboxylic acids is 1. The molecule has 1 N–H and O–H groups in total. The largest absolute Gasteiger partial charge is 0.387 e. The summed E-state index contributed by atoms with van der Waals surface area (Å²) in [4.78, 5) is 14.3. The molecule has 3 heterocycles. The second-order valence-corrected chi connectivity index (χ2v) is 7.53. The standard InChI is InChI=1S/C20H24N2O4/c1-2-19(24)11-20(25-14-19)12-22(13-20)17(23)9-8-16-10-26-21-18(16)15-6-4-3-5-7-15/h3-7,10,24H,2,8-9,11-14H2,1H3. The van der Waals surface area contributed by atoms with Crippen LogP contribution in [-0.2, 0) is 16.0 Å². The molecule has 2 aromatic rings. The van der Waals surface area contributed by atoms with E-state index in [0.29, 0.717) is 45.4 Å². The van der Waals surface area contributed by atoms with E-state index in [1.54, 1.807) is 6.26 Å². The summed E-state index contributed by atoms with van der Waals surface area (Å²) >= 11 is 0. The van der Waals surface area contributed by atoms with E-state index in [1.807, 2.05) is 42.2 Å². The van der Waals surface area contributed by atoms with E-state index in [2.05, 4.69) is 5.16 Å². The lowest BCUT2D eigenvalue weighted by Gasteiger charge is -2.47. The van der Waals surface area contributed by atoms with Gasteiger partial charge in [-0.25, -0.2) is 0 Å². The Bertz CT molecular complexity index is 782. The fraction of sp³-hybridized carbons (Fsp3) is 0.500. The maximum absolute atomic E-state index is 12.5. The molecule has 0 bridgehead atoms. The maximum atomic E-state index is 12.5. The minimum atomic E-state index is -0.734. The van der Waals surface area contributed by atoms with Gasteiger partial charge >= 0.3 is 0 Å². The SMILES string of the molecule is CCC1(O)COC2(CN(C(=O)CCc3conc3-c3ccccc3)C2)C1. The minimum absolute atomic E-state index is 0.103. The Morgan fingerprint density at radius 1 is 1.31 bits per heavy atom. The number of ether oxygens (including phenoxy) is 1. The predicted octanol–water partition coefficient (Wildman–Crippen LogP) is 2.42. The molecular weight excluding hydrogens is 332 g/mol. The normalized spacial score (nSPS) is 24.0. The molecule has 1 amide bonds. The van der Waals surface area contributed by atoms with Crippen molar-refractivity contribution in [3.63, 3.8) is 0 Å². The van der Waals surface area contributed by atoms with Crippen LogP contribution in [0.4, 0.5) is 0 Å². The van der Waals surface area contributed by atoms with Crippen molar-refractivity contribution >= 4 is 5.91 Å². The molecule has 1 aromatic carbocycles. The van der Waals surface area contributed by atoms with Gasteiger partial charge in [-0.2, -0.15) is 0 Å². The van der Waals surface area contributed by atoms with Gasteiger partial charge < -0.3 is 19.3 Å². The van der Waals surface area contributed by atoms with Crippen LogP contribution in [-0.4, -0.2) is 52.0 Å². The Labute approximate surface area is 152 Å². The predicted molar refractivity (Wildman–Crippen MR) is 95.4 cm³/mol. The fourth-order valence-electron chi connectivity index (χ4n) is 3.91. The lowest BCUT2D eigenvalue weighted by atomic mass is 9.83. The Balaban J connectivity index is 1.32. The molecule has 0 saturated carbocycles. The van der Waals surface area contributed by atoms with Crippen molar-refractivity contribution in [2.24, 2.45) is 0 Å². The van der Waals surface area contributed by atoms with Gasteiger partial charge in [0.05, 0.1) is 25.3 Å². The quantitative estimate of drug-likeness (QED) is 0.890. The number of likely N-dealkylation sites (tertiary alicyclic amines) is 1. The molecular formula is C20H24N2O4. The summed E-state index contributed by atoms with van der Waals surface area (Å²) < 4.78 is 10.9. The Hall–Kier alpha value is -2.18. The van der Waals surface area contributed by atoms with Crippen LogP contribution in [0.2, 0.25) is 0 Å². The molecule has 1 aromatic heterocycles. The molecule has 2 saturated heterocycles. The molecule has 2 aliphatic heterocycles. The molecule has 1 spiro atoms. The van der Waals surface area contributed by atoms with Gasteiger partial charge in [0.2, 0.25) is 5.91 Å². The number of aromatic nitrogens is 1. The van der Waals surface area contributed by atoms with Crippen molar-refractivity contribution in [3.05, 3.63) is 42.2 Å². The van der Waals surface area contributed by atoms with E-state index in [-0.39, 0.29) is 11.5 Å². The third kappa shape index (κ3) is 3.15. The van der Waals surface area contributed by atoms with Crippen LogP contribution >= 0.6 is 0 Å². The van der Waals surface area contributed by atoms with Crippen molar-refractivity contribution in [2.75, 3.05) is 19.7 Å². The van der Waals surface area contributed by atoms with Crippen LogP contribution in [0.1, 0.15) is 31.7 Å². The zero-order chi connectivity index (χ0) is 18.2. The third-order valence-corrected chi connectivity index (χ3v) is 5.57. The summed E-state index contributed by atoms with van der Waals surface area (Å²) in [5.74, 6) is 0.103. The van der Waals surface area contributed by atoms with Gasteiger partial charge in [0.1, 0.15) is 17.6 Å². The highest BCUT2D eigenvalue weighted by Gasteiger charge is 2.55. The van der Waals surface area contributed by atoms with Crippen LogP contribution in [0, 0.1) is 0 Å². The maximum Gasteiger partial charge on any atom is 0.223 e. The molecule has 0 aliphatic carbocycles. The van der Waals surface area contributed by atoms with Crippen LogP contribution < -0.4 is 0 Å². The number of benzene rings is 1. The summed E-state index contributed by atoms with van der Waals surface area (Å²) in [6.45, 7) is 3.48. The highest BCUT2D eigenvalue weighted by molar-refractivity contribution is 5.78. The monoisotopic (exact) mass is 356 g/mol. The summed E-state index contributed by atoms with van der Waals surface area (Å²) in [5.41, 5.74) is 1.65. The van der Waals surface area contributed by atoms with Crippen LogP contribution in [0.3, 0.4) is 0 Å². The number of hydrogen-bond acceptors (Lipinski definition) is 5. The van der Waals surface area contributed by atoms with Gasteiger partial charge in [-0.15, -0.1) is 0 Å². The van der Waals surface area contributed by atoms with Crippen LogP contribution in [0.15, 0.2) is 41.1 Å². The van der Waals surface area contributed by atoms with E-state index >= 15 is 0 Å². The molecule has 2 aliphatic rings. The van der Waals surface area contributed by atoms with Crippen molar-refractivity contribution in [1.82, 2.24) is 10.1 Å². The zero-order valence-electron chi connectivity index (χ0n) is 15.0. The van der Waals surface area contributed by atoms with Crippen molar-refractivity contribution < 1.29 is 19.2 Å². The zero-order valence-corrected chi connectivity index (χ0v) is 15.0. The van der Waals surface area contributed by atoms with Gasteiger partial charge in [0, 0.05) is 24.0 Å². The highest BCUT2D eigenvalue weighted by atomic mass is 16.5. The van der Waals surface area contributed by atoms with Crippen molar-refractivity contribution in [3.8, 4) is 11.3 Å². The third-order valence-electron chi connectivity index (χ3n) is 5.57. The van der Waals surface area contributed by atoms with Crippen molar-refractivity contribution in [2.45, 2.75) is 43.8 Å². The van der Waals surface area contributed by atoms with E-state index in [1.165, 1.54) is 0 Å². The first-order valence-corrected chi connectivity index (χ1v) is 9.15. The second-order valence-electron chi connectivity index (χ2n) is 7.53. The first-order valence-electron chi connectivity index (χ1n) is 9.15. The van der Waals surface area contributed by atoms with Gasteiger partial charge in [0.25, 0.3) is 0 Å². The Morgan fingerprint density at radius 2 is 2.08 bits per heavy atom. The average molecular weight is 356 g/mol. The lowest BCUT2D eigenvalue weighted by molar-refractivity contribution is -0.157. The van der Waals surface area contributed by atoms with Gasteiger partial charge in [0.15, 0.2) is 0 Å². The van der Waals surface area contributed by atoms with Gasteiger partial charge in [-0.1, -0.05) is 42.4 Å². The number of aryl methyl sites for hydroxylation is 1. The lowest BCUT2D eigenvalue weighted by Crippen LogP contribution is -2.63. The molecule has 2 fully saturated rings. The Morgan fingerprint density at radius 3 is 2.77 bits per heavy atom. The highest BCUT2D eigenvalue weighted by Crippen LogP contribution is 2.41. The van der Waals surface area contributed by atoms with Crippen molar-refractivity contribution in [1.29, 1.82) is 0 Å². The number of hydrogen-bond donors (Lipinski definition) is 1. The smallest absolute Gasteiger partial charge is 0.223 e. The number of carbonyl (C=O) groups is 1. The second kappa shape index (κ2) is 6.52. The topological polar surface area (TPSA) is 75.8 Å². The molecule has 6 nitrogen and oxygen atoms in total. The molecule has 1 unspecified atom stereocenters. The van der Waals surface area contributed by atoms with E-state index in [0.717, 1.165) is 16.8 Å². The minimum Gasteiger partial charge on any atom is -0.387 e. The molecule has 4 rings (SSSR count). The first-order chi connectivity index (χ1) is 12.5. The van der Waals surface area contributed by atoms with E-state index in [9.17, 15) is 9.90 Å². The summed E-state index contributed by atoms with van der Waals surface area (Å²) in [6, 6.07) is 9.83. The average Bonchev–Trinajstić information content (AvgIpc) is 3.24. The molecule has 26 heavy (non-hydrogen) atoms. The number of nitrogens with zero attached hydrogens (tertiary/aromatic N) is 2. The van der Waals surface area contributed by atoms with Crippen LogP contribution in [0.25, 0.3) is 11.3 Å². The number of amides is 1. The summed E-state index contributed by atoms with van der Waals surface area (Å²) in [5, 5.41) is 14.4. The van der Waals surface area contributed by atoms with Gasteiger partial charge in [-0.3, -0.25) is 4.79 Å². The van der Waals surface area contributed by atoms with Crippen LogP contribution in [0.5, 0.6) is 0 Å². The molecule has 138 valence electrons. The van der Waals surface area contributed by atoms with E-state index < -0.39 is 5.60 Å². The number of rotatable bonds is 5. The molecule has 0 radical (unpaired) electrons. The van der Waals surface area contributed by atoms with E-state index in [4.69, 9.17) is 9.26 Å². The Kier molecular flexibility index (Phi) is 4.32. The summed E-state index contributed by atoms with van der Waals surface area (Å²) in [7, 11) is 0. The first kappa shape index (κ1) is 17.2. The summed E-state index contributed by atoms with van der Waals surface area (Å²) in [6.07, 6.45) is 3.92.